The summed E-state index contributed by atoms with van der Waals surface area (Å²) >= 11 is 5.96. The molecule has 0 N–H and O–H groups in total. The van der Waals surface area contributed by atoms with Crippen molar-refractivity contribution < 1.29 is 0 Å². The van der Waals surface area contributed by atoms with E-state index in [0.29, 0.717) is 4.20 Å². The van der Waals surface area contributed by atoms with Gasteiger partial charge in [0.05, 0.1) is 16.3 Å². The lowest BCUT2D eigenvalue weighted by molar-refractivity contribution is 1.19. The van der Waals surface area contributed by atoms with Gasteiger partial charge in [-0.3, -0.25) is 0 Å². The Balaban J connectivity index is 4.05. The van der Waals surface area contributed by atoms with Crippen molar-refractivity contribution in [1.29, 1.82) is 10.5 Å². The Bertz CT molecular complexity index is 172. The molecule has 0 unspecified atom stereocenters. The van der Waals surface area contributed by atoms with Gasteiger partial charge in [-0.1, -0.05) is 12.2 Å². The molecular weight excluding hydrogens is 152 g/mol. The number of thioether (sulfide) groups is 1. The van der Waals surface area contributed by atoms with Crippen molar-refractivity contribution in [1.82, 2.24) is 0 Å². The zero-order valence-corrected chi connectivity index (χ0v) is 6.42. The molecule has 0 amide bonds. The van der Waals surface area contributed by atoms with E-state index >= 15 is 0 Å². The Morgan fingerprint density at radius 3 is 2.11 bits per heavy atom. The lowest BCUT2D eigenvalue weighted by Gasteiger charge is -1.94. The van der Waals surface area contributed by atoms with Gasteiger partial charge in [0.15, 0.2) is 5.92 Å². The van der Waals surface area contributed by atoms with Gasteiger partial charge in [0, 0.05) is 0 Å². The van der Waals surface area contributed by atoms with E-state index in [0.717, 1.165) is 0 Å². The molecule has 0 aromatic rings. The number of hydrogen-bond donors (Lipinski definition) is 0. The van der Waals surface area contributed by atoms with Gasteiger partial charge in [0.1, 0.15) is 0 Å². The van der Waals surface area contributed by atoms with Gasteiger partial charge in [-0.2, -0.15) is 10.5 Å². The molecule has 4 heteroatoms. The van der Waals surface area contributed by atoms with Crippen LogP contribution >= 0.6 is 24.0 Å². The molecular formula is C5H4N2S2. The molecule has 0 saturated heterocycles. The Hall–Kier alpha value is -0.580. The maximum atomic E-state index is 8.25. The fourth-order valence-corrected chi connectivity index (χ4v) is 0.699. The smallest absolute Gasteiger partial charge is 0.174 e. The second-order valence-electron chi connectivity index (χ2n) is 1.21. The van der Waals surface area contributed by atoms with Crippen LogP contribution < -0.4 is 0 Å². The summed E-state index contributed by atoms with van der Waals surface area (Å²) in [4.78, 5) is 0. The Morgan fingerprint density at radius 2 is 2.00 bits per heavy atom. The first kappa shape index (κ1) is 8.42. The van der Waals surface area contributed by atoms with Crippen LogP contribution in [0.25, 0.3) is 0 Å². The molecule has 0 saturated carbocycles. The first-order valence-electron chi connectivity index (χ1n) is 2.13. The molecule has 0 aliphatic heterocycles. The second-order valence-corrected chi connectivity index (χ2v) is 2.76. The predicted octanol–water partition coefficient (Wildman–Crippen LogP) is 1.34. The molecule has 0 radical (unpaired) electrons. The van der Waals surface area contributed by atoms with E-state index in [9.17, 15) is 0 Å². The van der Waals surface area contributed by atoms with Crippen LogP contribution in [0.5, 0.6) is 0 Å². The molecule has 0 spiro atoms. The summed E-state index contributed by atoms with van der Waals surface area (Å²) in [5.41, 5.74) is 0. The molecule has 0 rings (SSSR count). The minimum Gasteiger partial charge on any atom is -0.196 e. The summed E-state index contributed by atoms with van der Waals surface area (Å²) in [6.07, 6.45) is 1.75. The molecule has 0 aliphatic carbocycles. The fourth-order valence-electron chi connectivity index (χ4n) is 0.252. The van der Waals surface area contributed by atoms with E-state index < -0.39 is 5.92 Å². The summed E-state index contributed by atoms with van der Waals surface area (Å²) in [6, 6.07) is 3.56. The van der Waals surface area contributed by atoms with E-state index in [1.165, 1.54) is 11.8 Å². The van der Waals surface area contributed by atoms with Crippen molar-refractivity contribution in [2.75, 3.05) is 6.26 Å². The van der Waals surface area contributed by atoms with Gasteiger partial charge >= 0.3 is 0 Å². The molecule has 0 aromatic heterocycles. The Morgan fingerprint density at radius 1 is 1.56 bits per heavy atom. The van der Waals surface area contributed by atoms with Crippen LogP contribution in [0, 0.1) is 28.6 Å². The average molecular weight is 156 g/mol. The Labute approximate surface area is 63.5 Å². The average Bonchev–Trinajstić information content (AvgIpc) is 1.90. The van der Waals surface area contributed by atoms with Crippen LogP contribution in [0.15, 0.2) is 0 Å². The molecule has 0 heterocycles. The molecule has 0 aliphatic rings. The monoisotopic (exact) mass is 156 g/mol. The molecule has 0 atom stereocenters. The van der Waals surface area contributed by atoms with Crippen LogP contribution in [0.3, 0.4) is 0 Å². The highest BCUT2D eigenvalue weighted by Crippen LogP contribution is 2.07. The summed E-state index contributed by atoms with van der Waals surface area (Å²) in [7, 11) is 0. The van der Waals surface area contributed by atoms with Gasteiger partial charge in [0.2, 0.25) is 0 Å². The standard InChI is InChI=1S/C5H4N2S2/c1-9-5(8)4(2-6)3-7/h4H,1H3. The quantitative estimate of drug-likeness (QED) is 0.537. The predicted molar refractivity (Wildman–Crippen MR) is 40.8 cm³/mol. The summed E-state index contributed by atoms with van der Waals surface area (Å²) in [5.74, 6) is -0.727. The fraction of sp³-hybridized carbons (Fsp3) is 0.400. The van der Waals surface area contributed by atoms with E-state index in [1.54, 1.807) is 18.4 Å². The normalized spacial score (nSPS) is 8.00. The van der Waals surface area contributed by atoms with Crippen molar-refractivity contribution in [3.8, 4) is 12.1 Å². The van der Waals surface area contributed by atoms with Crippen molar-refractivity contribution >= 4 is 28.2 Å². The summed E-state index contributed by atoms with van der Waals surface area (Å²) < 4.78 is 0.444. The number of nitriles is 2. The third kappa shape index (κ3) is 2.46. The SMILES string of the molecule is CSC(=S)C(C#N)C#N. The zero-order chi connectivity index (χ0) is 7.28. The maximum Gasteiger partial charge on any atom is 0.174 e. The molecule has 46 valence electrons. The summed E-state index contributed by atoms with van der Waals surface area (Å²) in [6.45, 7) is 0. The van der Waals surface area contributed by atoms with E-state index in [-0.39, 0.29) is 0 Å². The molecule has 0 bridgehead atoms. The van der Waals surface area contributed by atoms with Crippen molar-refractivity contribution in [2.24, 2.45) is 5.92 Å². The summed E-state index contributed by atoms with van der Waals surface area (Å²) in [5, 5.41) is 16.5. The van der Waals surface area contributed by atoms with Gasteiger partial charge in [0.25, 0.3) is 0 Å². The molecule has 0 aromatic carbocycles. The highest BCUT2D eigenvalue weighted by Gasteiger charge is 2.09. The van der Waals surface area contributed by atoms with Crippen LogP contribution in [0.2, 0.25) is 0 Å². The van der Waals surface area contributed by atoms with Crippen molar-refractivity contribution in [3.05, 3.63) is 0 Å². The van der Waals surface area contributed by atoms with Crippen molar-refractivity contribution in [2.45, 2.75) is 0 Å². The van der Waals surface area contributed by atoms with Crippen LogP contribution in [0.4, 0.5) is 0 Å². The lowest BCUT2D eigenvalue weighted by Crippen LogP contribution is -2.01. The van der Waals surface area contributed by atoms with Crippen LogP contribution in [-0.2, 0) is 0 Å². The minimum atomic E-state index is -0.727. The Kier molecular flexibility index (Phi) is 4.04. The largest absolute Gasteiger partial charge is 0.196 e. The molecule has 0 fully saturated rings. The van der Waals surface area contributed by atoms with Gasteiger partial charge in [-0.25, -0.2) is 0 Å². The van der Waals surface area contributed by atoms with Gasteiger partial charge in [-0.05, 0) is 6.26 Å². The third-order valence-electron chi connectivity index (χ3n) is 0.695. The number of hydrogen-bond acceptors (Lipinski definition) is 4. The highest BCUT2D eigenvalue weighted by atomic mass is 32.2. The van der Waals surface area contributed by atoms with Gasteiger partial charge < -0.3 is 0 Å². The van der Waals surface area contributed by atoms with Crippen LogP contribution in [-0.4, -0.2) is 10.5 Å². The van der Waals surface area contributed by atoms with E-state index in [2.05, 4.69) is 0 Å². The van der Waals surface area contributed by atoms with E-state index in [4.69, 9.17) is 22.7 Å². The lowest BCUT2D eigenvalue weighted by atomic mass is 10.2. The zero-order valence-electron chi connectivity index (χ0n) is 4.79. The molecule has 2 nitrogen and oxygen atoms in total. The highest BCUT2D eigenvalue weighted by molar-refractivity contribution is 8.22. The number of rotatable bonds is 1. The maximum absolute atomic E-state index is 8.25. The molecule has 9 heavy (non-hydrogen) atoms. The first-order valence-corrected chi connectivity index (χ1v) is 3.76. The van der Waals surface area contributed by atoms with Crippen molar-refractivity contribution in [3.63, 3.8) is 0 Å². The second kappa shape index (κ2) is 4.31. The number of nitrogens with zero attached hydrogens (tertiary/aromatic N) is 2. The third-order valence-corrected chi connectivity index (χ3v) is 2.07. The van der Waals surface area contributed by atoms with Gasteiger partial charge in [-0.15, -0.1) is 11.8 Å². The first-order chi connectivity index (χ1) is 4.26. The minimum absolute atomic E-state index is 0.444. The van der Waals surface area contributed by atoms with Crippen LogP contribution in [0.1, 0.15) is 0 Å². The number of thiocarbonyl (C=S) groups is 1. The topological polar surface area (TPSA) is 47.6 Å². The van der Waals surface area contributed by atoms with E-state index in [1.807, 2.05) is 0 Å².